The second-order valence-electron chi connectivity index (χ2n) is 6.37. The van der Waals surface area contributed by atoms with Crippen LogP contribution in [0.3, 0.4) is 0 Å². The van der Waals surface area contributed by atoms with E-state index in [2.05, 4.69) is 5.32 Å². The van der Waals surface area contributed by atoms with Crippen LogP contribution in [0.25, 0.3) is 0 Å². The van der Waals surface area contributed by atoms with E-state index in [1.54, 1.807) is 0 Å². The van der Waals surface area contributed by atoms with E-state index in [4.69, 9.17) is 77.0 Å². The topological polar surface area (TPSA) is 137 Å². The number of alkyl halides is 4. The van der Waals surface area contributed by atoms with Crippen LogP contribution in [0.2, 0.25) is 0 Å². The smallest absolute Gasteiger partial charge is 0.0945 e. The van der Waals surface area contributed by atoms with Gasteiger partial charge in [0.05, 0.1) is 48.4 Å². The van der Waals surface area contributed by atoms with Gasteiger partial charge in [-0.05, 0) is 7.05 Å². The summed E-state index contributed by atoms with van der Waals surface area (Å²) in [7, 11) is 1.87. The Labute approximate surface area is 218 Å². The van der Waals surface area contributed by atoms with E-state index in [1.165, 1.54) is 0 Å². The number of likely N-dealkylation sites (tertiary alicyclic amines) is 1. The number of β-amino-alcohol motifs (C(OH)–C–C–N with tert-alkyl or cyclic N) is 4. The van der Waals surface area contributed by atoms with Crippen LogP contribution in [-0.2, 0) is 18.6 Å². The van der Waals surface area contributed by atoms with Crippen LogP contribution in [0.4, 0.5) is 0 Å². The van der Waals surface area contributed by atoms with E-state index in [9.17, 15) is 0 Å². The molecule has 0 unspecified atom stereocenters. The molecular weight excluding hydrogens is 533 g/mol. The normalized spacial score (nSPS) is 26.7. The monoisotopic (exact) mass is 569 g/mol. The van der Waals surface area contributed by atoms with Crippen LogP contribution >= 0.6 is 46.4 Å². The van der Waals surface area contributed by atoms with Gasteiger partial charge in [0.1, 0.15) is 0 Å². The average molecular weight is 571 g/mol. The zero-order valence-electron chi connectivity index (χ0n) is 16.9. The molecule has 0 bridgehead atoms. The second-order valence-corrected chi connectivity index (χ2v) is 7.61. The van der Waals surface area contributed by atoms with Gasteiger partial charge in [0.15, 0.2) is 0 Å². The maximum atomic E-state index is 8.88. The van der Waals surface area contributed by atoms with Crippen LogP contribution in [0.1, 0.15) is 7.43 Å². The molecule has 2 heterocycles. The summed E-state index contributed by atoms with van der Waals surface area (Å²) in [5.74, 6) is 1.17. The van der Waals surface area contributed by atoms with Gasteiger partial charge in [-0.3, -0.25) is 0 Å². The Balaban J connectivity index is -0.000000154. The third kappa shape index (κ3) is 22.7. The van der Waals surface area contributed by atoms with Crippen molar-refractivity contribution >= 4 is 46.4 Å². The van der Waals surface area contributed by atoms with Crippen molar-refractivity contribution in [1.82, 2.24) is 10.2 Å². The number of halogens is 4. The summed E-state index contributed by atoms with van der Waals surface area (Å²) in [6, 6.07) is 0. The first kappa shape index (κ1) is 39.4. The molecule has 0 aromatic rings. The summed E-state index contributed by atoms with van der Waals surface area (Å²) in [5, 5.41) is 55.3. The van der Waals surface area contributed by atoms with Gasteiger partial charge in [0.2, 0.25) is 0 Å². The van der Waals surface area contributed by atoms with Gasteiger partial charge in [-0.1, -0.05) is 19.6 Å². The molecular formula is C18H38Cl4N2O6V. The fourth-order valence-corrected chi connectivity index (χ4v) is 2.60. The number of hydrogen-bond acceptors (Lipinski definition) is 8. The number of nitrogens with one attached hydrogen (secondary N) is 1. The minimum Gasteiger partial charge on any atom is -0.389 e. The van der Waals surface area contributed by atoms with Crippen molar-refractivity contribution in [1.29, 1.82) is 0 Å². The van der Waals surface area contributed by atoms with Crippen molar-refractivity contribution in [2.75, 3.05) is 56.7 Å². The third-order valence-corrected chi connectivity index (χ3v) is 4.69. The minimum absolute atomic E-state index is 0. The van der Waals surface area contributed by atoms with E-state index in [0.29, 0.717) is 37.9 Å². The van der Waals surface area contributed by atoms with Gasteiger partial charge < -0.3 is 40.9 Å². The Kier molecular flexibility index (Phi) is 32.8. The Morgan fingerprint density at radius 3 is 1.26 bits per heavy atom. The number of rotatable bonds is 5. The largest absolute Gasteiger partial charge is 0.389 e. The molecule has 0 aromatic carbocycles. The third-order valence-electron chi connectivity index (χ3n) is 3.70. The predicted molar refractivity (Wildman–Crippen MR) is 125 cm³/mol. The molecule has 2 aliphatic heterocycles. The van der Waals surface area contributed by atoms with Crippen LogP contribution in [0, 0.1) is 0 Å². The molecule has 2 rings (SSSR count). The van der Waals surface area contributed by atoms with Crippen LogP contribution < -0.4 is 5.32 Å². The quantitative estimate of drug-likeness (QED) is 0.178. The summed E-state index contributed by atoms with van der Waals surface area (Å²) >= 11 is 20.8. The Bertz CT molecular complexity index is 372. The molecule has 1 radical (unpaired) electrons. The summed E-state index contributed by atoms with van der Waals surface area (Å²) in [6.07, 6.45) is -0.299. The van der Waals surface area contributed by atoms with Gasteiger partial charge in [0, 0.05) is 56.5 Å². The van der Waals surface area contributed by atoms with E-state index in [0.717, 1.165) is 0 Å². The van der Waals surface area contributed by atoms with Gasteiger partial charge in [-0.15, -0.1) is 46.4 Å². The standard InChI is InChI=1S/C5H11NO2.C4H8Cl2O2.C4H6Cl2.C4H9NO2.CH4.V/c1-6-2-4(7)5(8)3-6;5-1-3(7)4(8)2-6;5-3-1-2-4-6;6-3-1-5-2-4(3)7;;/h4-5,7-8H,2-3H2,1H3;3-4,7-8H,1-2H2;1-2H,3-4H2;3-7H,1-2H2;1H4;/b;;2-1+;;;/t4-,5+;3-,4+;;3-,4+;;. The summed E-state index contributed by atoms with van der Waals surface area (Å²) in [4.78, 5) is 1.90. The van der Waals surface area contributed by atoms with Gasteiger partial charge in [0.25, 0.3) is 0 Å². The van der Waals surface area contributed by atoms with Gasteiger partial charge >= 0.3 is 0 Å². The first-order chi connectivity index (χ1) is 13.6. The van der Waals surface area contributed by atoms with Crippen LogP contribution in [-0.4, -0.2) is 129 Å². The molecule has 6 atom stereocenters. The molecule has 0 aliphatic carbocycles. The fraction of sp³-hybridized carbons (Fsp3) is 0.889. The Hall–Kier alpha value is 1.16. The average Bonchev–Trinajstić information content (AvgIpc) is 3.22. The van der Waals surface area contributed by atoms with Crippen molar-refractivity contribution < 1.29 is 49.2 Å². The molecule has 2 aliphatic rings. The predicted octanol–water partition coefficient (Wildman–Crippen LogP) is -0.195. The minimum atomic E-state index is -0.894. The summed E-state index contributed by atoms with van der Waals surface area (Å²) < 4.78 is 0. The number of likely N-dealkylation sites (N-methyl/N-ethyl adjacent to an activating group) is 1. The van der Waals surface area contributed by atoms with E-state index in [1.807, 2.05) is 24.1 Å². The Morgan fingerprint density at radius 1 is 0.806 bits per heavy atom. The molecule has 0 spiro atoms. The van der Waals surface area contributed by atoms with Crippen LogP contribution in [0.5, 0.6) is 0 Å². The number of nitrogens with zero attached hydrogens (tertiary/aromatic N) is 1. The first-order valence-electron chi connectivity index (χ1n) is 9.00. The fourth-order valence-electron chi connectivity index (χ4n) is 1.94. The van der Waals surface area contributed by atoms with Crippen molar-refractivity contribution in [3.8, 4) is 0 Å². The van der Waals surface area contributed by atoms with Crippen molar-refractivity contribution in [2.24, 2.45) is 0 Å². The second kappa shape index (κ2) is 25.8. The summed E-state index contributed by atoms with van der Waals surface area (Å²) in [5.41, 5.74) is 0. The molecule has 2 saturated heterocycles. The van der Waals surface area contributed by atoms with E-state index >= 15 is 0 Å². The van der Waals surface area contributed by atoms with Crippen molar-refractivity contribution in [3.63, 3.8) is 0 Å². The maximum Gasteiger partial charge on any atom is 0.0945 e. The molecule has 0 saturated carbocycles. The van der Waals surface area contributed by atoms with Crippen LogP contribution in [0.15, 0.2) is 12.2 Å². The maximum absolute atomic E-state index is 8.88. The zero-order valence-corrected chi connectivity index (χ0v) is 21.3. The number of aliphatic hydroxyl groups excluding tert-OH is 6. The molecule has 2 fully saturated rings. The van der Waals surface area contributed by atoms with E-state index < -0.39 is 36.6 Å². The molecule has 13 heteroatoms. The molecule has 31 heavy (non-hydrogen) atoms. The number of aliphatic hydroxyl groups is 6. The Morgan fingerprint density at radius 2 is 1.13 bits per heavy atom. The number of allylic oxidation sites excluding steroid dienone is 2. The summed E-state index contributed by atoms with van der Waals surface area (Å²) in [6.45, 7) is 2.25. The van der Waals surface area contributed by atoms with Crippen molar-refractivity contribution in [2.45, 2.75) is 44.1 Å². The first-order valence-corrected chi connectivity index (χ1v) is 11.1. The zero-order chi connectivity index (χ0) is 22.8. The van der Waals surface area contributed by atoms with Gasteiger partial charge in [-0.25, -0.2) is 0 Å². The molecule has 0 amide bonds. The SMILES string of the molecule is C.CN1C[C@@H](O)[C@@H](O)C1.ClC/C=C/CCl.O[C@@H]1CNC[C@@H]1O.O[C@H](CCl)[C@@H](O)CCl.[V]. The molecule has 0 aromatic heterocycles. The van der Waals surface area contributed by atoms with E-state index in [-0.39, 0.29) is 37.7 Å². The van der Waals surface area contributed by atoms with Gasteiger partial charge in [-0.2, -0.15) is 0 Å². The molecule has 189 valence electrons. The molecule has 7 N–H and O–H groups in total. The number of hydrogen-bond donors (Lipinski definition) is 7. The molecule has 8 nitrogen and oxygen atoms in total. The van der Waals surface area contributed by atoms with Crippen molar-refractivity contribution in [3.05, 3.63) is 12.2 Å².